The van der Waals surface area contributed by atoms with Crippen LogP contribution in [0, 0.1) is 11.6 Å². The number of hydrogen-bond donors (Lipinski definition) is 2. The number of halogens is 4. The van der Waals surface area contributed by atoms with Crippen LogP contribution >= 0.6 is 35.4 Å². The second-order valence-corrected chi connectivity index (χ2v) is 5.03. The molecule has 2 nitrogen and oxygen atoms in total. The Morgan fingerprint density at radius 3 is 2.20 bits per heavy atom. The molecule has 0 aromatic heterocycles. The van der Waals surface area contributed by atoms with Crippen molar-refractivity contribution in [2.24, 2.45) is 0 Å². The average Bonchev–Trinajstić information content (AvgIpc) is 2.38. The summed E-state index contributed by atoms with van der Waals surface area (Å²) in [6.07, 6.45) is 0. The van der Waals surface area contributed by atoms with Crippen LogP contribution in [0.15, 0.2) is 36.4 Å². The molecule has 20 heavy (non-hydrogen) atoms. The first kappa shape index (κ1) is 15.0. The van der Waals surface area contributed by atoms with Crippen LogP contribution in [0.4, 0.5) is 20.2 Å². The molecule has 0 aliphatic heterocycles. The van der Waals surface area contributed by atoms with E-state index in [9.17, 15) is 8.78 Å². The second kappa shape index (κ2) is 6.35. The van der Waals surface area contributed by atoms with E-state index in [-0.39, 0.29) is 10.8 Å². The topological polar surface area (TPSA) is 24.1 Å². The second-order valence-electron chi connectivity index (χ2n) is 3.80. The third kappa shape index (κ3) is 3.56. The molecule has 2 aromatic carbocycles. The molecule has 7 heteroatoms. The van der Waals surface area contributed by atoms with E-state index in [1.807, 2.05) is 0 Å². The van der Waals surface area contributed by atoms with Gasteiger partial charge in [-0.1, -0.05) is 29.3 Å². The van der Waals surface area contributed by atoms with Crippen molar-refractivity contribution in [1.29, 1.82) is 0 Å². The van der Waals surface area contributed by atoms with E-state index < -0.39 is 11.6 Å². The molecule has 0 amide bonds. The third-order valence-corrected chi connectivity index (χ3v) is 3.32. The highest BCUT2D eigenvalue weighted by molar-refractivity contribution is 7.80. The summed E-state index contributed by atoms with van der Waals surface area (Å²) in [6, 6.07) is 8.31. The maximum absolute atomic E-state index is 13.4. The fraction of sp³-hybridized carbons (Fsp3) is 0. The lowest BCUT2D eigenvalue weighted by Crippen LogP contribution is -2.20. The predicted octanol–water partition coefficient (Wildman–Crippen LogP) is 5.08. The number of rotatable bonds is 2. The summed E-state index contributed by atoms with van der Waals surface area (Å²) in [5.74, 6) is -1.47. The minimum atomic E-state index is -0.733. The SMILES string of the molecule is Fc1cccc(F)c1NC(=S)Nc1ccc(Cl)c(Cl)c1. The Bertz CT molecular complexity index is 645. The summed E-state index contributed by atoms with van der Waals surface area (Å²) in [5, 5.41) is 5.99. The third-order valence-electron chi connectivity index (χ3n) is 2.38. The fourth-order valence-electron chi connectivity index (χ4n) is 1.47. The molecule has 0 saturated carbocycles. The van der Waals surface area contributed by atoms with Gasteiger partial charge < -0.3 is 10.6 Å². The van der Waals surface area contributed by atoms with Crippen molar-refractivity contribution in [1.82, 2.24) is 0 Å². The zero-order valence-corrected chi connectivity index (χ0v) is 12.2. The summed E-state index contributed by atoms with van der Waals surface area (Å²) < 4.78 is 26.9. The van der Waals surface area contributed by atoms with Crippen molar-refractivity contribution in [2.75, 3.05) is 10.6 Å². The van der Waals surface area contributed by atoms with Crippen LogP contribution in [0.25, 0.3) is 0 Å². The van der Waals surface area contributed by atoms with Gasteiger partial charge in [0.05, 0.1) is 10.0 Å². The molecule has 0 aliphatic rings. The van der Waals surface area contributed by atoms with Crippen molar-refractivity contribution < 1.29 is 8.78 Å². The van der Waals surface area contributed by atoms with Crippen molar-refractivity contribution in [2.45, 2.75) is 0 Å². The lowest BCUT2D eigenvalue weighted by molar-refractivity contribution is 0.591. The van der Waals surface area contributed by atoms with Gasteiger partial charge in [-0.05, 0) is 42.5 Å². The van der Waals surface area contributed by atoms with Gasteiger partial charge in [-0.3, -0.25) is 0 Å². The summed E-state index contributed by atoms with van der Waals surface area (Å²) >= 11 is 16.6. The minimum Gasteiger partial charge on any atom is -0.332 e. The predicted molar refractivity (Wildman–Crippen MR) is 82.7 cm³/mol. The zero-order valence-electron chi connectivity index (χ0n) is 9.88. The van der Waals surface area contributed by atoms with Crippen molar-refractivity contribution in [3.63, 3.8) is 0 Å². The van der Waals surface area contributed by atoms with Crippen LogP contribution in [0.3, 0.4) is 0 Å². The smallest absolute Gasteiger partial charge is 0.175 e. The molecule has 0 radical (unpaired) electrons. The molecule has 0 atom stereocenters. The quantitative estimate of drug-likeness (QED) is 0.750. The van der Waals surface area contributed by atoms with E-state index in [1.165, 1.54) is 6.07 Å². The summed E-state index contributed by atoms with van der Waals surface area (Å²) in [5.41, 5.74) is 0.235. The monoisotopic (exact) mass is 332 g/mol. The minimum absolute atomic E-state index is 0.0346. The number of nitrogens with one attached hydrogen (secondary N) is 2. The van der Waals surface area contributed by atoms with E-state index in [1.54, 1.807) is 18.2 Å². The van der Waals surface area contributed by atoms with E-state index in [0.717, 1.165) is 12.1 Å². The number of thiocarbonyl (C=S) groups is 1. The van der Waals surface area contributed by atoms with Crippen molar-refractivity contribution in [3.05, 3.63) is 58.1 Å². The Morgan fingerprint density at radius 1 is 0.950 bits per heavy atom. The highest BCUT2D eigenvalue weighted by Crippen LogP contribution is 2.25. The zero-order chi connectivity index (χ0) is 14.7. The Labute approximate surface area is 129 Å². The van der Waals surface area contributed by atoms with Gasteiger partial charge in [0.25, 0.3) is 0 Å². The van der Waals surface area contributed by atoms with Gasteiger partial charge in [0.2, 0.25) is 0 Å². The van der Waals surface area contributed by atoms with Gasteiger partial charge >= 0.3 is 0 Å². The number of anilines is 2. The van der Waals surface area contributed by atoms with E-state index in [0.29, 0.717) is 15.7 Å². The average molecular weight is 333 g/mol. The highest BCUT2D eigenvalue weighted by Gasteiger charge is 2.10. The van der Waals surface area contributed by atoms with Crippen LogP contribution < -0.4 is 10.6 Å². The van der Waals surface area contributed by atoms with Gasteiger partial charge in [0.1, 0.15) is 17.3 Å². The normalized spacial score (nSPS) is 10.2. The van der Waals surface area contributed by atoms with Crippen LogP contribution in [0.1, 0.15) is 0 Å². The first-order valence-corrected chi connectivity index (χ1v) is 6.61. The molecule has 104 valence electrons. The van der Waals surface area contributed by atoms with Crippen molar-refractivity contribution >= 4 is 51.9 Å². The molecule has 2 rings (SSSR count). The molecule has 0 aliphatic carbocycles. The molecule has 2 aromatic rings. The summed E-state index contributed by atoms with van der Waals surface area (Å²) in [6.45, 7) is 0. The Balaban J connectivity index is 2.11. The van der Waals surface area contributed by atoms with Crippen LogP contribution in [0.5, 0.6) is 0 Å². The van der Waals surface area contributed by atoms with Gasteiger partial charge in [-0.2, -0.15) is 0 Å². The van der Waals surface area contributed by atoms with Gasteiger partial charge in [-0.25, -0.2) is 8.78 Å². The van der Waals surface area contributed by atoms with Crippen LogP contribution in [-0.4, -0.2) is 5.11 Å². The fourth-order valence-corrected chi connectivity index (χ4v) is 1.99. The maximum Gasteiger partial charge on any atom is 0.175 e. The molecular formula is C13H8Cl2F2N2S. The van der Waals surface area contributed by atoms with E-state index in [2.05, 4.69) is 10.6 Å². The van der Waals surface area contributed by atoms with E-state index in [4.69, 9.17) is 35.4 Å². The van der Waals surface area contributed by atoms with Crippen LogP contribution in [-0.2, 0) is 0 Å². The van der Waals surface area contributed by atoms with Crippen molar-refractivity contribution in [3.8, 4) is 0 Å². The summed E-state index contributed by atoms with van der Waals surface area (Å²) in [4.78, 5) is 0. The first-order chi connectivity index (χ1) is 9.47. The summed E-state index contributed by atoms with van der Waals surface area (Å²) in [7, 11) is 0. The van der Waals surface area contributed by atoms with Crippen LogP contribution in [0.2, 0.25) is 10.0 Å². The lowest BCUT2D eigenvalue weighted by atomic mass is 10.3. The Hall–Kier alpha value is -1.43. The molecule has 0 saturated heterocycles. The Kier molecular flexibility index (Phi) is 4.75. The van der Waals surface area contributed by atoms with Gasteiger partial charge in [-0.15, -0.1) is 0 Å². The highest BCUT2D eigenvalue weighted by atomic mass is 35.5. The number of para-hydroxylation sites is 1. The van der Waals surface area contributed by atoms with E-state index >= 15 is 0 Å². The molecule has 0 bridgehead atoms. The first-order valence-electron chi connectivity index (χ1n) is 5.44. The van der Waals surface area contributed by atoms with Gasteiger partial charge in [0, 0.05) is 5.69 Å². The number of hydrogen-bond acceptors (Lipinski definition) is 1. The molecule has 0 heterocycles. The molecule has 0 unspecified atom stereocenters. The largest absolute Gasteiger partial charge is 0.332 e. The Morgan fingerprint density at radius 2 is 1.60 bits per heavy atom. The number of benzene rings is 2. The lowest BCUT2D eigenvalue weighted by Gasteiger charge is -2.12. The molecule has 2 N–H and O–H groups in total. The standard InChI is InChI=1S/C13H8Cl2F2N2S/c14-8-5-4-7(6-9(8)15)18-13(20)19-12-10(16)2-1-3-11(12)17/h1-6H,(H2,18,19,20). The maximum atomic E-state index is 13.4. The molecule has 0 fully saturated rings. The van der Waals surface area contributed by atoms with Gasteiger partial charge in [0.15, 0.2) is 5.11 Å². The molecular weight excluding hydrogens is 325 g/mol. The molecule has 0 spiro atoms.